The quantitative estimate of drug-likeness (QED) is 0.872. The largest absolute Gasteiger partial charge is 0.416 e. The van der Waals surface area contributed by atoms with Crippen molar-refractivity contribution >= 4 is 11.6 Å². The van der Waals surface area contributed by atoms with Crippen molar-refractivity contribution in [1.82, 2.24) is 0 Å². The molecule has 0 aliphatic rings. The van der Waals surface area contributed by atoms with E-state index in [0.29, 0.717) is 18.4 Å². The number of halogens is 4. The Hall–Kier alpha value is -0.740. The molecule has 0 saturated heterocycles. The van der Waals surface area contributed by atoms with Gasteiger partial charge in [-0.2, -0.15) is 13.2 Å². The van der Waals surface area contributed by atoms with Crippen LogP contribution in [0.2, 0.25) is 5.02 Å². The fourth-order valence-electron chi connectivity index (χ4n) is 1.38. The minimum absolute atomic E-state index is 0.0909. The first-order chi connectivity index (χ1) is 7.32. The number of rotatable bonds is 3. The highest BCUT2D eigenvalue weighted by Crippen LogP contribution is 2.32. The van der Waals surface area contributed by atoms with Crippen molar-refractivity contribution in [3.05, 3.63) is 34.3 Å². The molecule has 1 aromatic carbocycles. The molecule has 0 aromatic heterocycles. The predicted molar refractivity (Wildman–Crippen MR) is 58.4 cm³/mol. The van der Waals surface area contributed by atoms with Crippen molar-refractivity contribution in [2.24, 2.45) is 5.73 Å². The van der Waals surface area contributed by atoms with Gasteiger partial charge in [-0.3, -0.25) is 0 Å². The number of hydrogen-bond donors (Lipinski definition) is 1. The summed E-state index contributed by atoms with van der Waals surface area (Å²) < 4.78 is 37.4. The molecule has 1 aromatic rings. The van der Waals surface area contributed by atoms with Gasteiger partial charge in [0.15, 0.2) is 0 Å². The number of nitrogens with two attached hydrogens (primary N) is 1. The molecular formula is C11H13ClF3N. The van der Waals surface area contributed by atoms with E-state index in [1.807, 2.05) is 6.92 Å². The highest BCUT2D eigenvalue weighted by atomic mass is 35.5. The van der Waals surface area contributed by atoms with Crippen LogP contribution in [0.3, 0.4) is 0 Å². The maximum Gasteiger partial charge on any atom is 0.416 e. The molecule has 0 aliphatic heterocycles. The van der Waals surface area contributed by atoms with Gasteiger partial charge in [-0.15, -0.1) is 0 Å². The van der Waals surface area contributed by atoms with Gasteiger partial charge in [-0.05, 0) is 36.6 Å². The first-order valence-corrected chi connectivity index (χ1v) is 5.33. The Morgan fingerprint density at radius 2 is 1.94 bits per heavy atom. The molecule has 0 fully saturated rings. The summed E-state index contributed by atoms with van der Waals surface area (Å²) in [4.78, 5) is 0. The highest BCUT2D eigenvalue weighted by molar-refractivity contribution is 6.30. The Labute approximate surface area is 97.4 Å². The van der Waals surface area contributed by atoms with E-state index in [2.05, 4.69) is 0 Å². The van der Waals surface area contributed by atoms with Crippen LogP contribution in [-0.2, 0) is 12.6 Å². The monoisotopic (exact) mass is 251 g/mol. The molecule has 16 heavy (non-hydrogen) atoms. The second kappa shape index (κ2) is 5.06. The van der Waals surface area contributed by atoms with E-state index in [1.165, 1.54) is 6.07 Å². The Balaban J connectivity index is 2.99. The van der Waals surface area contributed by atoms with Crippen molar-refractivity contribution in [2.75, 3.05) is 0 Å². The molecule has 0 amide bonds. The van der Waals surface area contributed by atoms with Gasteiger partial charge in [0.05, 0.1) is 5.56 Å². The SMILES string of the molecule is CCC(N)Cc1cc(Cl)cc(C(F)(F)F)c1. The number of alkyl halides is 3. The Bertz CT molecular complexity index is 363. The van der Waals surface area contributed by atoms with Crippen LogP contribution in [0.5, 0.6) is 0 Å². The van der Waals surface area contributed by atoms with Gasteiger partial charge >= 0.3 is 6.18 Å². The molecule has 1 unspecified atom stereocenters. The lowest BCUT2D eigenvalue weighted by Crippen LogP contribution is -2.21. The zero-order chi connectivity index (χ0) is 12.3. The summed E-state index contributed by atoms with van der Waals surface area (Å²) in [5.41, 5.74) is 5.49. The molecule has 0 heterocycles. The lowest BCUT2D eigenvalue weighted by atomic mass is 10.0. The highest BCUT2D eigenvalue weighted by Gasteiger charge is 2.31. The molecule has 90 valence electrons. The smallest absolute Gasteiger partial charge is 0.327 e. The van der Waals surface area contributed by atoms with Gasteiger partial charge in [0.1, 0.15) is 0 Å². The van der Waals surface area contributed by atoms with Gasteiger partial charge in [0.25, 0.3) is 0 Å². The van der Waals surface area contributed by atoms with Crippen molar-refractivity contribution in [3.8, 4) is 0 Å². The van der Waals surface area contributed by atoms with Crippen LogP contribution in [-0.4, -0.2) is 6.04 Å². The standard InChI is InChI=1S/C11H13ClF3N/c1-2-10(16)5-7-3-8(11(13,14)15)6-9(12)4-7/h3-4,6,10H,2,5,16H2,1H3. The normalized spacial score (nSPS) is 13.9. The average Bonchev–Trinajstić information content (AvgIpc) is 2.15. The summed E-state index contributed by atoms with van der Waals surface area (Å²) in [6, 6.07) is 3.40. The van der Waals surface area contributed by atoms with E-state index in [0.717, 1.165) is 12.1 Å². The van der Waals surface area contributed by atoms with Crippen LogP contribution >= 0.6 is 11.6 Å². The summed E-state index contributed by atoms with van der Waals surface area (Å²) in [6.45, 7) is 1.89. The minimum atomic E-state index is -4.37. The zero-order valence-corrected chi connectivity index (χ0v) is 9.57. The van der Waals surface area contributed by atoms with Crippen LogP contribution < -0.4 is 5.73 Å². The van der Waals surface area contributed by atoms with E-state index >= 15 is 0 Å². The van der Waals surface area contributed by atoms with Crippen molar-refractivity contribution in [1.29, 1.82) is 0 Å². The van der Waals surface area contributed by atoms with E-state index < -0.39 is 11.7 Å². The van der Waals surface area contributed by atoms with Crippen molar-refractivity contribution in [2.45, 2.75) is 32.0 Å². The summed E-state index contributed by atoms with van der Waals surface area (Å²) in [6.07, 6.45) is -3.25. The van der Waals surface area contributed by atoms with Gasteiger partial charge < -0.3 is 5.73 Å². The molecule has 0 saturated carbocycles. The summed E-state index contributed by atoms with van der Waals surface area (Å²) in [5, 5.41) is 0.0909. The predicted octanol–water partition coefficient (Wildman–Crippen LogP) is 3.64. The average molecular weight is 252 g/mol. The first kappa shape index (κ1) is 13.3. The zero-order valence-electron chi connectivity index (χ0n) is 8.81. The maximum absolute atomic E-state index is 12.5. The molecule has 1 nitrogen and oxygen atoms in total. The lowest BCUT2D eigenvalue weighted by Gasteiger charge is -2.12. The van der Waals surface area contributed by atoms with Crippen molar-refractivity contribution < 1.29 is 13.2 Å². The van der Waals surface area contributed by atoms with Crippen LogP contribution in [0.1, 0.15) is 24.5 Å². The second-order valence-corrected chi connectivity index (χ2v) is 4.15. The molecule has 2 N–H and O–H groups in total. The summed E-state index contributed by atoms with van der Waals surface area (Å²) in [7, 11) is 0. The molecule has 0 spiro atoms. The molecule has 1 atom stereocenters. The molecular weight excluding hydrogens is 239 g/mol. The number of hydrogen-bond acceptors (Lipinski definition) is 1. The third-order valence-corrected chi connectivity index (χ3v) is 2.53. The fourth-order valence-corrected chi connectivity index (χ4v) is 1.64. The lowest BCUT2D eigenvalue weighted by molar-refractivity contribution is -0.137. The second-order valence-electron chi connectivity index (χ2n) is 3.72. The van der Waals surface area contributed by atoms with E-state index in [4.69, 9.17) is 17.3 Å². The van der Waals surface area contributed by atoms with Gasteiger partial charge in [0, 0.05) is 11.1 Å². The number of benzene rings is 1. The molecule has 5 heteroatoms. The third-order valence-electron chi connectivity index (χ3n) is 2.31. The van der Waals surface area contributed by atoms with Gasteiger partial charge in [0.2, 0.25) is 0 Å². The fraction of sp³-hybridized carbons (Fsp3) is 0.455. The summed E-state index contributed by atoms with van der Waals surface area (Å²) >= 11 is 5.64. The van der Waals surface area contributed by atoms with Crippen LogP contribution in [0.25, 0.3) is 0 Å². The summed E-state index contributed by atoms with van der Waals surface area (Å²) in [5.74, 6) is 0. The van der Waals surface area contributed by atoms with Crippen LogP contribution in [0, 0.1) is 0 Å². The van der Waals surface area contributed by atoms with E-state index in [9.17, 15) is 13.2 Å². The van der Waals surface area contributed by atoms with Crippen LogP contribution in [0.4, 0.5) is 13.2 Å². The maximum atomic E-state index is 12.5. The molecule has 0 radical (unpaired) electrons. The van der Waals surface area contributed by atoms with Gasteiger partial charge in [-0.25, -0.2) is 0 Å². The Morgan fingerprint density at radius 3 is 2.44 bits per heavy atom. The third kappa shape index (κ3) is 3.68. The van der Waals surface area contributed by atoms with Gasteiger partial charge in [-0.1, -0.05) is 18.5 Å². The van der Waals surface area contributed by atoms with Crippen molar-refractivity contribution in [3.63, 3.8) is 0 Å². The Morgan fingerprint density at radius 1 is 1.31 bits per heavy atom. The van der Waals surface area contributed by atoms with E-state index in [-0.39, 0.29) is 11.1 Å². The first-order valence-electron chi connectivity index (χ1n) is 4.95. The minimum Gasteiger partial charge on any atom is -0.327 e. The molecule has 1 rings (SSSR count). The Kier molecular flexibility index (Phi) is 4.21. The molecule has 0 bridgehead atoms. The van der Waals surface area contributed by atoms with Crippen LogP contribution in [0.15, 0.2) is 18.2 Å². The topological polar surface area (TPSA) is 26.0 Å². The van der Waals surface area contributed by atoms with E-state index in [1.54, 1.807) is 0 Å². The molecule has 0 aliphatic carbocycles.